The van der Waals surface area contributed by atoms with Crippen LogP contribution in [0.4, 0.5) is 5.69 Å². The van der Waals surface area contributed by atoms with Crippen LogP contribution in [0.15, 0.2) is 41.2 Å². The van der Waals surface area contributed by atoms with Crippen molar-refractivity contribution in [3.8, 4) is 5.75 Å². The van der Waals surface area contributed by atoms with Gasteiger partial charge in [-0.2, -0.15) is 5.10 Å². The van der Waals surface area contributed by atoms with Gasteiger partial charge in [0.05, 0.1) is 7.11 Å². The van der Waals surface area contributed by atoms with Crippen LogP contribution in [0.25, 0.3) is 0 Å². The molecule has 7 nitrogen and oxygen atoms in total. The molecule has 120 valence electrons. The Balaban J connectivity index is 1.64. The minimum Gasteiger partial charge on any atom is -0.497 e. The van der Waals surface area contributed by atoms with E-state index in [1.165, 1.54) is 12.1 Å². The molecular formula is C16H18N4O3. The van der Waals surface area contributed by atoms with Crippen LogP contribution in [0.1, 0.15) is 10.5 Å². The van der Waals surface area contributed by atoms with Crippen molar-refractivity contribution >= 4 is 11.6 Å². The first-order chi connectivity index (χ1) is 11.2. The van der Waals surface area contributed by atoms with Gasteiger partial charge in [-0.1, -0.05) is 6.07 Å². The Labute approximate surface area is 133 Å². The lowest BCUT2D eigenvalue weighted by Gasteiger charge is -2.36. The average molecular weight is 314 g/mol. The number of rotatable bonds is 3. The highest BCUT2D eigenvalue weighted by atomic mass is 16.5. The lowest BCUT2D eigenvalue weighted by Crippen LogP contribution is -2.49. The zero-order valence-electron chi connectivity index (χ0n) is 12.9. The summed E-state index contributed by atoms with van der Waals surface area (Å²) >= 11 is 0. The van der Waals surface area contributed by atoms with Crippen LogP contribution in [0.2, 0.25) is 0 Å². The number of carbonyl (C=O) groups excluding carboxylic acids is 1. The molecule has 2 heterocycles. The third-order valence-electron chi connectivity index (χ3n) is 3.88. The SMILES string of the molecule is COc1cccc(N2CCN(C(=O)c3ccc(=O)[nH]n3)CC2)c1. The van der Waals surface area contributed by atoms with E-state index in [4.69, 9.17) is 4.74 Å². The normalized spacial score (nSPS) is 14.7. The molecular weight excluding hydrogens is 296 g/mol. The Hall–Kier alpha value is -2.83. The molecule has 1 aliphatic heterocycles. The highest BCUT2D eigenvalue weighted by Crippen LogP contribution is 2.22. The van der Waals surface area contributed by atoms with Gasteiger partial charge in [0.1, 0.15) is 11.4 Å². The zero-order valence-corrected chi connectivity index (χ0v) is 12.9. The van der Waals surface area contributed by atoms with Gasteiger partial charge in [0, 0.05) is 44.0 Å². The highest BCUT2D eigenvalue weighted by molar-refractivity contribution is 5.92. The maximum Gasteiger partial charge on any atom is 0.274 e. The van der Waals surface area contributed by atoms with Crippen LogP contribution in [0, 0.1) is 0 Å². The Bertz CT molecular complexity index is 730. The van der Waals surface area contributed by atoms with E-state index in [0.717, 1.165) is 24.5 Å². The minimum absolute atomic E-state index is 0.161. The largest absolute Gasteiger partial charge is 0.497 e. The van der Waals surface area contributed by atoms with Gasteiger partial charge < -0.3 is 14.5 Å². The Morgan fingerprint density at radius 2 is 1.96 bits per heavy atom. The topological polar surface area (TPSA) is 78.5 Å². The molecule has 0 bridgehead atoms. The molecule has 2 aromatic rings. The van der Waals surface area contributed by atoms with Gasteiger partial charge in [-0.3, -0.25) is 9.59 Å². The summed E-state index contributed by atoms with van der Waals surface area (Å²) in [6.45, 7) is 2.69. The van der Waals surface area contributed by atoms with E-state index in [2.05, 4.69) is 15.1 Å². The molecule has 3 rings (SSSR count). The lowest BCUT2D eigenvalue weighted by atomic mass is 10.2. The number of hydrogen-bond donors (Lipinski definition) is 1. The number of nitrogens with zero attached hydrogens (tertiary/aromatic N) is 3. The number of nitrogens with one attached hydrogen (secondary N) is 1. The maximum absolute atomic E-state index is 12.4. The number of ether oxygens (including phenoxy) is 1. The molecule has 23 heavy (non-hydrogen) atoms. The first-order valence-corrected chi connectivity index (χ1v) is 7.41. The lowest BCUT2D eigenvalue weighted by molar-refractivity contribution is 0.0739. The summed E-state index contributed by atoms with van der Waals surface area (Å²) in [6.07, 6.45) is 0. The van der Waals surface area contributed by atoms with E-state index in [0.29, 0.717) is 13.1 Å². The van der Waals surface area contributed by atoms with Crippen molar-refractivity contribution in [2.45, 2.75) is 0 Å². The van der Waals surface area contributed by atoms with Gasteiger partial charge in [0.15, 0.2) is 0 Å². The number of piperazine rings is 1. The van der Waals surface area contributed by atoms with Crippen LogP contribution in [0.3, 0.4) is 0 Å². The van der Waals surface area contributed by atoms with Crippen molar-refractivity contribution in [3.05, 3.63) is 52.4 Å². The summed E-state index contributed by atoms with van der Waals surface area (Å²) in [6, 6.07) is 10.6. The summed E-state index contributed by atoms with van der Waals surface area (Å²) in [5.41, 5.74) is 1.03. The van der Waals surface area contributed by atoms with Gasteiger partial charge in [0.2, 0.25) is 0 Å². The number of aromatic amines is 1. The number of methoxy groups -OCH3 is 1. The Morgan fingerprint density at radius 3 is 2.61 bits per heavy atom. The molecule has 0 radical (unpaired) electrons. The minimum atomic E-state index is -0.315. The van der Waals surface area contributed by atoms with Crippen LogP contribution in [-0.2, 0) is 0 Å². The number of aromatic nitrogens is 2. The van der Waals surface area contributed by atoms with Crippen LogP contribution < -0.4 is 15.2 Å². The zero-order chi connectivity index (χ0) is 16.2. The molecule has 0 unspecified atom stereocenters. The van der Waals surface area contributed by atoms with Gasteiger partial charge in [-0.15, -0.1) is 0 Å². The predicted octanol–water partition coefficient (Wildman–Crippen LogP) is 0.741. The van der Waals surface area contributed by atoms with E-state index in [-0.39, 0.29) is 17.2 Å². The summed E-state index contributed by atoms with van der Waals surface area (Å²) in [4.78, 5) is 27.3. The molecule has 0 saturated carbocycles. The van der Waals surface area contributed by atoms with Crippen LogP contribution in [0.5, 0.6) is 5.75 Å². The van der Waals surface area contributed by atoms with Crippen molar-refractivity contribution in [1.82, 2.24) is 15.1 Å². The van der Waals surface area contributed by atoms with E-state index in [9.17, 15) is 9.59 Å². The van der Waals surface area contributed by atoms with Gasteiger partial charge in [0.25, 0.3) is 11.5 Å². The first-order valence-electron chi connectivity index (χ1n) is 7.41. The van der Waals surface area contributed by atoms with Gasteiger partial charge >= 0.3 is 0 Å². The summed E-state index contributed by atoms with van der Waals surface area (Å²) in [7, 11) is 1.65. The van der Waals surface area contributed by atoms with Crippen molar-refractivity contribution in [2.75, 3.05) is 38.2 Å². The fourth-order valence-electron chi connectivity index (χ4n) is 2.60. The number of anilines is 1. The maximum atomic E-state index is 12.4. The van der Waals surface area contributed by atoms with Crippen LogP contribution >= 0.6 is 0 Å². The van der Waals surface area contributed by atoms with E-state index < -0.39 is 0 Å². The third-order valence-corrected chi connectivity index (χ3v) is 3.88. The standard InChI is InChI=1S/C16H18N4O3/c1-23-13-4-2-3-12(11-13)19-7-9-20(10-8-19)16(22)14-5-6-15(21)18-17-14/h2-6,11H,7-10H2,1H3,(H,18,21). The molecule has 1 aliphatic rings. The molecule has 1 saturated heterocycles. The molecule has 1 fully saturated rings. The smallest absolute Gasteiger partial charge is 0.274 e. The fraction of sp³-hybridized carbons (Fsp3) is 0.312. The molecule has 0 aliphatic carbocycles. The Morgan fingerprint density at radius 1 is 1.17 bits per heavy atom. The van der Waals surface area contributed by atoms with Crippen molar-refractivity contribution in [2.24, 2.45) is 0 Å². The Kier molecular flexibility index (Phi) is 4.27. The molecule has 1 amide bonds. The van der Waals surface area contributed by atoms with Crippen molar-refractivity contribution < 1.29 is 9.53 Å². The van der Waals surface area contributed by atoms with Crippen molar-refractivity contribution in [3.63, 3.8) is 0 Å². The summed E-state index contributed by atoms with van der Waals surface area (Å²) in [5, 5.41) is 6.08. The predicted molar refractivity (Wildman–Crippen MR) is 86.0 cm³/mol. The second-order valence-corrected chi connectivity index (χ2v) is 5.29. The van der Waals surface area contributed by atoms with E-state index in [1.807, 2.05) is 24.3 Å². The molecule has 0 spiro atoms. The van der Waals surface area contributed by atoms with Gasteiger partial charge in [-0.05, 0) is 18.2 Å². The highest BCUT2D eigenvalue weighted by Gasteiger charge is 2.23. The third kappa shape index (κ3) is 3.33. The summed E-state index contributed by atoms with van der Waals surface area (Å²) < 4.78 is 5.24. The number of H-pyrrole nitrogens is 1. The summed E-state index contributed by atoms with van der Waals surface area (Å²) in [5.74, 6) is 0.657. The number of carbonyl (C=O) groups is 1. The first kappa shape index (κ1) is 15.1. The molecule has 1 aromatic heterocycles. The molecule has 1 N–H and O–H groups in total. The second-order valence-electron chi connectivity index (χ2n) is 5.29. The number of amides is 1. The van der Waals surface area contributed by atoms with Crippen LogP contribution in [-0.4, -0.2) is 54.3 Å². The molecule has 1 aromatic carbocycles. The molecule has 7 heteroatoms. The quantitative estimate of drug-likeness (QED) is 0.904. The number of benzene rings is 1. The average Bonchev–Trinajstić information content (AvgIpc) is 2.62. The second kappa shape index (κ2) is 6.51. The fourth-order valence-corrected chi connectivity index (χ4v) is 2.60. The van der Waals surface area contributed by atoms with Crippen molar-refractivity contribution in [1.29, 1.82) is 0 Å². The molecule has 0 atom stereocenters. The van der Waals surface area contributed by atoms with E-state index >= 15 is 0 Å². The monoisotopic (exact) mass is 314 g/mol. The number of hydrogen-bond acceptors (Lipinski definition) is 5. The van der Waals surface area contributed by atoms with Gasteiger partial charge in [-0.25, -0.2) is 5.10 Å². The van der Waals surface area contributed by atoms with E-state index in [1.54, 1.807) is 12.0 Å².